The molecule has 0 aliphatic rings. The molecule has 168 valence electrons. The molecule has 0 fully saturated rings. The summed E-state index contributed by atoms with van der Waals surface area (Å²) < 4.78 is 12.6. The number of hydrogen-bond donors (Lipinski definition) is 1. The van der Waals surface area contributed by atoms with Crippen molar-refractivity contribution in [3.8, 4) is 11.6 Å². The molecular formula is C23H27N5O4. The summed E-state index contributed by atoms with van der Waals surface area (Å²) in [6.45, 7) is 3.14. The van der Waals surface area contributed by atoms with Crippen molar-refractivity contribution in [1.29, 1.82) is 0 Å². The zero-order chi connectivity index (χ0) is 22.8. The number of nitrogens with one attached hydrogen (secondary N) is 1. The lowest BCUT2D eigenvalue weighted by atomic mass is 10.2. The molecule has 0 atom stereocenters. The Morgan fingerprint density at radius 3 is 2.66 bits per heavy atom. The average molecular weight is 438 g/mol. The number of hydrogen-bond acceptors (Lipinski definition) is 6. The van der Waals surface area contributed by atoms with Crippen LogP contribution >= 0.6 is 0 Å². The van der Waals surface area contributed by atoms with Crippen LogP contribution < -0.4 is 14.8 Å². The highest BCUT2D eigenvalue weighted by Gasteiger charge is 2.12. The van der Waals surface area contributed by atoms with Gasteiger partial charge in [-0.3, -0.25) is 14.3 Å². The number of nitrogens with zero attached hydrogens (tertiary/aromatic N) is 4. The predicted octanol–water partition coefficient (Wildman–Crippen LogP) is 2.53. The van der Waals surface area contributed by atoms with Crippen LogP contribution in [0.25, 0.3) is 0 Å². The maximum atomic E-state index is 12.4. The molecule has 2 aromatic heterocycles. The van der Waals surface area contributed by atoms with Gasteiger partial charge in [-0.05, 0) is 25.1 Å². The average Bonchev–Trinajstić information content (AvgIpc) is 3.22. The van der Waals surface area contributed by atoms with Gasteiger partial charge < -0.3 is 19.7 Å². The Balaban J connectivity index is 1.36. The van der Waals surface area contributed by atoms with Crippen molar-refractivity contribution in [2.24, 2.45) is 0 Å². The molecular weight excluding hydrogens is 410 g/mol. The van der Waals surface area contributed by atoms with Gasteiger partial charge in [0, 0.05) is 25.5 Å². The lowest BCUT2D eigenvalue weighted by Crippen LogP contribution is -2.33. The largest absolute Gasteiger partial charge is 0.492 e. The van der Waals surface area contributed by atoms with Gasteiger partial charge in [0.15, 0.2) is 0 Å². The van der Waals surface area contributed by atoms with Gasteiger partial charge in [0.2, 0.25) is 17.7 Å². The number of carbonyl (C=O) groups excluding carboxylic acids is 2. The first-order valence-corrected chi connectivity index (χ1v) is 10.3. The molecule has 0 unspecified atom stereocenters. The summed E-state index contributed by atoms with van der Waals surface area (Å²) in [7, 11) is 1.72. The molecule has 0 saturated heterocycles. The van der Waals surface area contributed by atoms with Gasteiger partial charge in [0.05, 0.1) is 31.5 Å². The Kier molecular flexibility index (Phi) is 8.19. The van der Waals surface area contributed by atoms with Gasteiger partial charge in [-0.25, -0.2) is 4.98 Å². The molecule has 9 heteroatoms. The third-order valence-electron chi connectivity index (χ3n) is 4.57. The lowest BCUT2D eigenvalue weighted by molar-refractivity contribution is -0.131. The van der Waals surface area contributed by atoms with E-state index in [1.807, 2.05) is 37.3 Å². The van der Waals surface area contributed by atoms with Crippen LogP contribution in [-0.2, 0) is 16.1 Å². The normalized spacial score (nSPS) is 10.4. The van der Waals surface area contributed by atoms with E-state index >= 15 is 0 Å². The van der Waals surface area contributed by atoms with E-state index in [1.165, 1.54) is 10.9 Å². The summed E-state index contributed by atoms with van der Waals surface area (Å²) >= 11 is 0. The minimum absolute atomic E-state index is 0.0691. The number of benzene rings is 1. The van der Waals surface area contributed by atoms with Gasteiger partial charge in [-0.2, -0.15) is 5.10 Å². The second-order valence-electron chi connectivity index (χ2n) is 7.22. The van der Waals surface area contributed by atoms with Crippen LogP contribution in [0.1, 0.15) is 12.0 Å². The number of anilines is 1. The van der Waals surface area contributed by atoms with Crippen LogP contribution in [0.2, 0.25) is 0 Å². The Morgan fingerprint density at radius 1 is 1.09 bits per heavy atom. The van der Waals surface area contributed by atoms with Crippen LogP contribution in [0.5, 0.6) is 11.6 Å². The molecule has 0 radical (unpaired) electrons. The highest BCUT2D eigenvalue weighted by molar-refractivity contribution is 5.90. The topological polar surface area (TPSA) is 98.6 Å². The maximum Gasteiger partial charge on any atom is 0.244 e. The van der Waals surface area contributed by atoms with Crippen molar-refractivity contribution < 1.29 is 19.1 Å². The van der Waals surface area contributed by atoms with Gasteiger partial charge in [-0.15, -0.1) is 0 Å². The van der Waals surface area contributed by atoms with Crippen LogP contribution in [-0.4, -0.2) is 58.3 Å². The Labute approximate surface area is 187 Å². The number of amides is 2. The van der Waals surface area contributed by atoms with E-state index in [0.717, 1.165) is 11.3 Å². The van der Waals surface area contributed by atoms with Crippen LogP contribution in [0.3, 0.4) is 0 Å². The fraction of sp³-hybridized carbons (Fsp3) is 0.304. The number of rotatable bonds is 11. The summed E-state index contributed by atoms with van der Waals surface area (Å²) in [6, 6.07) is 13.1. The summed E-state index contributed by atoms with van der Waals surface area (Å²) in [4.78, 5) is 30.1. The van der Waals surface area contributed by atoms with E-state index in [-0.39, 0.29) is 31.4 Å². The molecule has 2 amide bonds. The molecule has 1 aromatic carbocycles. The van der Waals surface area contributed by atoms with Crippen LogP contribution in [0.15, 0.2) is 61.1 Å². The Bertz CT molecular complexity index is 1000. The standard InChI is InChI=1S/C23H27N5O4/c1-18-6-8-20(9-7-18)31-14-12-27(2)23(30)17-28-16-19(15-25-28)26-21(29)10-13-32-22-5-3-4-11-24-22/h3-9,11,15-16H,10,12-14,17H2,1-2H3,(H,26,29). The van der Waals surface area contributed by atoms with Crippen LogP contribution in [0, 0.1) is 6.92 Å². The second-order valence-corrected chi connectivity index (χ2v) is 7.22. The Hall–Kier alpha value is -3.88. The summed E-state index contributed by atoms with van der Waals surface area (Å²) in [5, 5.41) is 6.88. The van der Waals surface area contributed by atoms with E-state index in [0.29, 0.717) is 24.7 Å². The first kappa shape index (κ1) is 22.8. The molecule has 0 aliphatic carbocycles. The molecule has 0 bridgehead atoms. The first-order valence-electron chi connectivity index (χ1n) is 10.3. The quantitative estimate of drug-likeness (QED) is 0.495. The van der Waals surface area contributed by atoms with E-state index < -0.39 is 0 Å². The van der Waals surface area contributed by atoms with E-state index in [4.69, 9.17) is 9.47 Å². The summed E-state index contributed by atoms with van der Waals surface area (Å²) in [5.41, 5.74) is 1.68. The molecule has 1 N–H and O–H groups in total. The van der Waals surface area contributed by atoms with Crippen molar-refractivity contribution in [2.75, 3.05) is 32.1 Å². The monoisotopic (exact) mass is 437 g/mol. The second kappa shape index (κ2) is 11.5. The first-order chi connectivity index (χ1) is 15.5. The molecule has 32 heavy (non-hydrogen) atoms. The highest BCUT2D eigenvalue weighted by Crippen LogP contribution is 2.11. The van der Waals surface area contributed by atoms with Gasteiger partial charge in [-0.1, -0.05) is 23.8 Å². The molecule has 0 saturated carbocycles. The number of carbonyl (C=O) groups is 2. The molecule has 3 rings (SSSR count). The number of likely N-dealkylation sites (N-methyl/N-ethyl adjacent to an activating group) is 1. The fourth-order valence-electron chi connectivity index (χ4n) is 2.74. The van der Waals surface area contributed by atoms with Crippen molar-refractivity contribution in [3.05, 3.63) is 66.6 Å². The Morgan fingerprint density at radius 2 is 1.91 bits per heavy atom. The molecule has 0 aliphatic heterocycles. The minimum atomic E-state index is -0.211. The zero-order valence-corrected chi connectivity index (χ0v) is 18.2. The third kappa shape index (κ3) is 7.42. The maximum absolute atomic E-state index is 12.4. The van der Waals surface area contributed by atoms with Crippen molar-refractivity contribution >= 4 is 17.5 Å². The van der Waals surface area contributed by atoms with Crippen molar-refractivity contribution in [2.45, 2.75) is 19.9 Å². The van der Waals surface area contributed by atoms with Gasteiger partial charge in [0.1, 0.15) is 18.9 Å². The number of ether oxygens (including phenoxy) is 2. The number of aromatic nitrogens is 3. The van der Waals surface area contributed by atoms with Crippen molar-refractivity contribution in [3.63, 3.8) is 0 Å². The summed E-state index contributed by atoms with van der Waals surface area (Å²) in [5.74, 6) is 0.925. The molecule has 0 spiro atoms. The zero-order valence-electron chi connectivity index (χ0n) is 18.2. The molecule has 2 heterocycles. The predicted molar refractivity (Wildman–Crippen MR) is 120 cm³/mol. The molecule has 9 nitrogen and oxygen atoms in total. The molecule has 3 aromatic rings. The van der Waals surface area contributed by atoms with E-state index in [2.05, 4.69) is 15.4 Å². The highest BCUT2D eigenvalue weighted by atomic mass is 16.5. The number of pyridine rings is 1. The van der Waals surface area contributed by atoms with Gasteiger partial charge in [0.25, 0.3) is 0 Å². The minimum Gasteiger partial charge on any atom is -0.492 e. The smallest absolute Gasteiger partial charge is 0.244 e. The lowest BCUT2D eigenvalue weighted by Gasteiger charge is -2.17. The summed E-state index contributed by atoms with van der Waals surface area (Å²) in [6.07, 6.45) is 4.92. The number of aryl methyl sites for hydroxylation is 1. The third-order valence-corrected chi connectivity index (χ3v) is 4.57. The van der Waals surface area contributed by atoms with Crippen molar-refractivity contribution in [1.82, 2.24) is 19.7 Å². The SMILES string of the molecule is Cc1ccc(OCCN(C)C(=O)Cn2cc(NC(=O)CCOc3ccccn3)cn2)cc1. The van der Waals surface area contributed by atoms with E-state index in [9.17, 15) is 9.59 Å². The van der Waals surface area contributed by atoms with Crippen LogP contribution in [0.4, 0.5) is 5.69 Å². The fourth-order valence-corrected chi connectivity index (χ4v) is 2.74. The van der Waals surface area contributed by atoms with E-state index in [1.54, 1.807) is 36.5 Å². The van der Waals surface area contributed by atoms with Gasteiger partial charge >= 0.3 is 0 Å².